The predicted molar refractivity (Wildman–Crippen MR) is 76.8 cm³/mol. The molecule has 1 unspecified atom stereocenters. The van der Waals surface area contributed by atoms with Gasteiger partial charge in [0.25, 0.3) is 5.91 Å². The van der Waals surface area contributed by atoms with Gasteiger partial charge < -0.3 is 14.8 Å². The number of rotatable bonds is 5. The fourth-order valence-corrected chi connectivity index (χ4v) is 2.02. The molecule has 0 fully saturated rings. The van der Waals surface area contributed by atoms with Crippen molar-refractivity contribution in [3.05, 3.63) is 53.5 Å². The van der Waals surface area contributed by atoms with Crippen molar-refractivity contribution in [2.75, 3.05) is 0 Å². The molecule has 0 saturated heterocycles. The van der Waals surface area contributed by atoms with Crippen LogP contribution in [0.2, 0.25) is 0 Å². The summed E-state index contributed by atoms with van der Waals surface area (Å²) in [6.45, 7) is 3.82. The molecule has 0 aliphatic heterocycles. The van der Waals surface area contributed by atoms with Crippen LogP contribution >= 0.6 is 0 Å². The zero-order valence-corrected chi connectivity index (χ0v) is 11.7. The van der Waals surface area contributed by atoms with Crippen LogP contribution in [0.25, 0.3) is 0 Å². The molecule has 106 valence electrons. The van der Waals surface area contributed by atoms with Gasteiger partial charge in [-0.1, -0.05) is 11.6 Å². The first-order valence-corrected chi connectivity index (χ1v) is 6.69. The molecule has 0 aliphatic rings. The van der Waals surface area contributed by atoms with Crippen LogP contribution in [-0.2, 0) is 6.42 Å². The van der Waals surface area contributed by atoms with E-state index in [1.807, 2.05) is 26.0 Å². The maximum absolute atomic E-state index is 12.1. The second-order valence-electron chi connectivity index (χ2n) is 5.01. The molecule has 4 nitrogen and oxygen atoms in total. The van der Waals surface area contributed by atoms with Gasteiger partial charge in [-0.25, -0.2) is 0 Å². The van der Waals surface area contributed by atoms with Crippen molar-refractivity contribution in [1.82, 2.24) is 5.32 Å². The smallest absolute Gasteiger partial charge is 0.255 e. The molecule has 1 aromatic carbocycles. The summed E-state index contributed by atoms with van der Waals surface area (Å²) < 4.78 is 5.26. The van der Waals surface area contributed by atoms with E-state index in [0.717, 1.165) is 24.2 Å². The zero-order chi connectivity index (χ0) is 14.5. The second-order valence-corrected chi connectivity index (χ2v) is 5.01. The third-order valence-electron chi connectivity index (χ3n) is 3.18. The van der Waals surface area contributed by atoms with Crippen molar-refractivity contribution in [2.45, 2.75) is 32.7 Å². The van der Waals surface area contributed by atoms with Crippen LogP contribution in [0.15, 0.2) is 41.0 Å². The van der Waals surface area contributed by atoms with E-state index in [4.69, 9.17) is 4.42 Å². The van der Waals surface area contributed by atoms with E-state index >= 15 is 0 Å². The maximum Gasteiger partial charge on any atom is 0.255 e. The largest absolute Gasteiger partial charge is 0.507 e. The first-order valence-electron chi connectivity index (χ1n) is 6.69. The van der Waals surface area contributed by atoms with Crippen LogP contribution < -0.4 is 5.32 Å². The minimum atomic E-state index is -0.252. The fourth-order valence-electron chi connectivity index (χ4n) is 2.02. The Bertz CT molecular complexity index is 575. The highest BCUT2D eigenvalue weighted by Crippen LogP contribution is 2.18. The maximum atomic E-state index is 12.1. The summed E-state index contributed by atoms with van der Waals surface area (Å²) >= 11 is 0. The van der Waals surface area contributed by atoms with Crippen LogP contribution in [0.5, 0.6) is 5.75 Å². The number of carbonyl (C=O) groups is 1. The molecule has 0 spiro atoms. The average molecular weight is 273 g/mol. The summed E-state index contributed by atoms with van der Waals surface area (Å²) in [5, 5.41) is 12.6. The van der Waals surface area contributed by atoms with Gasteiger partial charge in [-0.2, -0.15) is 0 Å². The highest BCUT2D eigenvalue weighted by molar-refractivity contribution is 5.97. The van der Waals surface area contributed by atoms with Crippen LogP contribution in [0.4, 0.5) is 0 Å². The monoisotopic (exact) mass is 273 g/mol. The molecule has 4 heteroatoms. The first-order chi connectivity index (χ1) is 9.56. The van der Waals surface area contributed by atoms with Crippen LogP contribution in [0, 0.1) is 6.92 Å². The van der Waals surface area contributed by atoms with E-state index in [1.54, 1.807) is 18.4 Å². The summed E-state index contributed by atoms with van der Waals surface area (Å²) in [6, 6.07) is 8.77. The van der Waals surface area contributed by atoms with Crippen molar-refractivity contribution >= 4 is 5.91 Å². The Labute approximate surface area is 118 Å². The van der Waals surface area contributed by atoms with E-state index in [1.165, 1.54) is 6.07 Å². The lowest BCUT2D eigenvalue weighted by molar-refractivity contribution is 0.0935. The Morgan fingerprint density at radius 1 is 1.40 bits per heavy atom. The van der Waals surface area contributed by atoms with E-state index in [2.05, 4.69) is 5.32 Å². The molecule has 0 aliphatic carbocycles. The van der Waals surface area contributed by atoms with E-state index in [0.29, 0.717) is 5.56 Å². The molecule has 2 rings (SSSR count). The van der Waals surface area contributed by atoms with Crippen molar-refractivity contribution < 1.29 is 14.3 Å². The number of aromatic hydroxyl groups is 1. The summed E-state index contributed by atoms with van der Waals surface area (Å²) in [6.07, 6.45) is 3.20. The van der Waals surface area contributed by atoms with Crippen LogP contribution in [0.1, 0.15) is 35.0 Å². The molecule has 1 aromatic heterocycles. The van der Waals surface area contributed by atoms with Gasteiger partial charge in [0.05, 0.1) is 11.8 Å². The molecule has 2 N–H and O–H groups in total. The molecular weight excluding hydrogens is 254 g/mol. The van der Waals surface area contributed by atoms with E-state index in [9.17, 15) is 9.90 Å². The zero-order valence-electron chi connectivity index (χ0n) is 11.7. The third-order valence-corrected chi connectivity index (χ3v) is 3.18. The highest BCUT2D eigenvalue weighted by atomic mass is 16.3. The Balaban J connectivity index is 1.91. The van der Waals surface area contributed by atoms with Gasteiger partial charge in [-0.3, -0.25) is 4.79 Å². The van der Waals surface area contributed by atoms with Gasteiger partial charge in [0.2, 0.25) is 0 Å². The average Bonchev–Trinajstić information content (AvgIpc) is 2.92. The number of amides is 1. The summed E-state index contributed by atoms with van der Waals surface area (Å²) in [5.41, 5.74) is 1.26. The van der Waals surface area contributed by atoms with E-state index < -0.39 is 0 Å². The summed E-state index contributed by atoms with van der Waals surface area (Å²) in [4.78, 5) is 12.1. The lowest BCUT2D eigenvalue weighted by Gasteiger charge is -2.14. The lowest BCUT2D eigenvalue weighted by atomic mass is 10.1. The summed E-state index contributed by atoms with van der Waals surface area (Å²) in [5.74, 6) is 0.661. The number of phenols is 1. The fraction of sp³-hybridized carbons (Fsp3) is 0.312. The van der Waals surface area contributed by atoms with Crippen molar-refractivity contribution in [3.8, 4) is 5.75 Å². The molecule has 2 aromatic rings. The third kappa shape index (κ3) is 3.63. The molecule has 1 atom stereocenters. The highest BCUT2D eigenvalue weighted by Gasteiger charge is 2.14. The van der Waals surface area contributed by atoms with Gasteiger partial charge in [0.15, 0.2) is 0 Å². The molecule has 0 radical (unpaired) electrons. The predicted octanol–water partition coefficient (Wildman–Crippen LogP) is 3.04. The number of aryl methyl sites for hydroxylation is 2. The van der Waals surface area contributed by atoms with Gasteiger partial charge in [-0.15, -0.1) is 0 Å². The minimum absolute atomic E-state index is 0.00587. The Kier molecular flexibility index (Phi) is 4.45. The summed E-state index contributed by atoms with van der Waals surface area (Å²) in [7, 11) is 0. The molecule has 1 amide bonds. The number of phenolic OH excluding ortho intramolecular Hbond substituents is 1. The van der Waals surface area contributed by atoms with Crippen LogP contribution in [-0.4, -0.2) is 17.1 Å². The molecule has 20 heavy (non-hydrogen) atoms. The second kappa shape index (κ2) is 6.28. The lowest BCUT2D eigenvalue weighted by Crippen LogP contribution is -2.32. The topological polar surface area (TPSA) is 62.5 Å². The molecule has 0 bridgehead atoms. The Hall–Kier alpha value is -2.23. The number of hydrogen-bond acceptors (Lipinski definition) is 3. The number of hydrogen-bond donors (Lipinski definition) is 2. The number of benzene rings is 1. The standard InChI is InChI=1S/C16H19NO3/c1-11-5-8-15(18)14(10-11)16(19)17-12(2)6-7-13-4-3-9-20-13/h3-5,8-10,12,18H,6-7H2,1-2H3,(H,17,19). The van der Waals surface area contributed by atoms with Gasteiger partial charge in [-0.05, 0) is 44.5 Å². The number of carbonyl (C=O) groups excluding carboxylic acids is 1. The van der Waals surface area contributed by atoms with Crippen molar-refractivity contribution in [1.29, 1.82) is 0 Å². The van der Waals surface area contributed by atoms with Crippen LogP contribution in [0.3, 0.4) is 0 Å². The Morgan fingerprint density at radius 3 is 2.90 bits per heavy atom. The Morgan fingerprint density at radius 2 is 2.20 bits per heavy atom. The van der Waals surface area contributed by atoms with Gasteiger partial charge in [0.1, 0.15) is 11.5 Å². The normalized spacial score (nSPS) is 12.1. The van der Waals surface area contributed by atoms with Gasteiger partial charge >= 0.3 is 0 Å². The molecular formula is C16H19NO3. The molecule has 1 heterocycles. The van der Waals surface area contributed by atoms with Gasteiger partial charge in [0, 0.05) is 12.5 Å². The number of furan rings is 1. The van der Waals surface area contributed by atoms with Crippen molar-refractivity contribution in [3.63, 3.8) is 0 Å². The van der Waals surface area contributed by atoms with Crippen molar-refractivity contribution in [2.24, 2.45) is 0 Å². The van der Waals surface area contributed by atoms with E-state index in [-0.39, 0.29) is 17.7 Å². The minimum Gasteiger partial charge on any atom is -0.507 e. The SMILES string of the molecule is Cc1ccc(O)c(C(=O)NC(C)CCc2ccco2)c1. The number of nitrogens with one attached hydrogen (secondary N) is 1. The first kappa shape index (κ1) is 14.2. The molecule has 0 saturated carbocycles. The quantitative estimate of drug-likeness (QED) is 0.880.